The van der Waals surface area contributed by atoms with Gasteiger partial charge in [-0.15, -0.1) is 0 Å². The largest absolute Gasteiger partial charge is 0.350 e. The lowest BCUT2D eigenvalue weighted by Crippen LogP contribution is -2.32. The highest BCUT2D eigenvalue weighted by Crippen LogP contribution is 2.31. The van der Waals surface area contributed by atoms with E-state index >= 15 is 0 Å². The van der Waals surface area contributed by atoms with E-state index < -0.39 is 11.8 Å². The van der Waals surface area contributed by atoms with Gasteiger partial charge in [0.25, 0.3) is 17.7 Å². The lowest BCUT2D eigenvalue weighted by Gasteiger charge is -2.16. The number of aryl methyl sites for hydroxylation is 1. The quantitative estimate of drug-likeness (QED) is 0.397. The minimum Gasteiger partial charge on any atom is -0.350 e. The Morgan fingerprint density at radius 1 is 0.943 bits per heavy atom. The maximum atomic E-state index is 13.1. The van der Waals surface area contributed by atoms with Crippen molar-refractivity contribution in [2.45, 2.75) is 33.1 Å². The zero-order valence-electron chi connectivity index (χ0n) is 19.8. The fourth-order valence-electron chi connectivity index (χ4n) is 3.88. The average molecular weight is 488 g/mol. The fraction of sp³-hybridized carbons (Fsp3) is 0.179. The number of hydrogen-bond donors (Lipinski definition) is 2. The molecule has 3 aromatic rings. The molecule has 1 aliphatic heterocycles. The van der Waals surface area contributed by atoms with Crippen LogP contribution in [0.4, 0.5) is 17.1 Å². The summed E-state index contributed by atoms with van der Waals surface area (Å²) >= 11 is 6.27. The summed E-state index contributed by atoms with van der Waals surface area (Å²) in [6, 6.07) is 21.5. The molecule has 7 heteroatoms. The first kappa shape index (κ1) is 24.2. The number of para-hydroxylation sites is 1. The number of benzene rings is 3. The van der Waals surface area contributed by atoms with E-state index in [2.05, 4.69) is 24.5 Å². The van der Waals surface area contributed by atoms with Gasteiger partial charge in [0.15, 0.2) is 0 Å². The van der Waals surface area contributed by atoms with Gasteiger partial charge < -0.3 is 10.6 Å². The summed E-state index contributed by atoms with van der Waals surface area (Å²) in [4.78, 5) is 39.8. The van der Waals surface area contributed by atoms with Gasteiger partial charge >= 0.3 is 0 Å². The van der Waals surface area contributed by atoms with E-state index in [0.717, 1.165) is 28.1 Å². The van der Waals surface area contributed by atoms with Crippen molar-refractivity contribution in [1.82, 2.24) is 0 Å². The molecule has 4 rings (SSSR count). The second-order valence-corrected chi connectivity index (χ2v) is 8.93. The number of carbonyl (C=O) groups excluding carboxylic acids is 3. The SMILES string of the molecule is CCc1ccccc1NC(=O)c1cccc(NC2=C(Cl)C(=O)N(c3ccc(C(C)C)cc3)C2=O)c1. The van der Waals surface area contributed by atoms with Crippen LogP contribution >= 0.6 is 11.6 Å². The van der Waals surface area contributed by atoms with Gasteiger partial charge in [0.1, 0.15) is 10.7 Å². The van der Waals surface area contributed by atoms with E-state index in [1.54, 1.807) is 36.4 Å². The molecular weight excluding hydrogens is 462 g/mol. The van der Waals surface area contributed by atoms with E-state index in [1.165, 1.54) is 0 Å². The number of rotatable bonds is 7. The van der Waals surface area contributed by atoms with Gasteiger partial charge in [0.05, 0.1) is 5.69 Å². The molecule has 0 atom stereocenters. The molecule has 0 spiro atoms. The molecule has 0 saturated carbocycles. The number of nitrogens with one attached hydrogen (secondary N) is 2. The third kappa shape index (κ3) is 4.98. The Morgan fingerprint density at radius 3 is 2.34 bits per heavy atom. The molecule has 0 aromatic heterocycles. The molecule has 0 aliphatic carbocycles. The first-order valence-electron chi connectivity index (χ1n) is 11.4. The van der Waals surface area contributed by atoms with E-state index in [4.69, 9.17) is 11.6 Å². The van der Waals surface area contributed by atoms with Crippen LogP contribution in [0.1, 0.15) is 48.2 Å². The summed E-state index contributed by atoms with van der Waals surface area (Å²) in [5.74, 6) is -1.10. The van der Waals surface area contributed by atoms with E-state index in [-0.39, 0.29) is 16.6 Å². The monoisotopic (exact) mass is 487 g/mol. The van der Waals surface area contributed by atoms with Crippen LogP contribution < -0.4 is 15.5 Å². The molecule has 0 bridgehead atoms. The Morgan fingerprint density at radius 2 is 1.66 bits per heavy atom. The molecular formula is C28H26ClN3O3. The van der Waals surface area contributed by atoms with Crippen molar-refractivity contribution in [1.29, 1.82) is 0 Å². The Labute approximate surface area is 209 Å². The molecule has 178 valence electrons. The Hall–Kier alpha value is -3.90. The number of anilines is 3. The number of hydrogen-bond acceptors (Lipinski definition) is 4. The molecule has 0 saturated heterocycles. The van der Waals surface area contributed by atoms with Crippen molar-refractivity contribution >= 4 is 46.4 Å². The highest BCUT2D eigenvalue weighted by molar-refractivity contribution is 6.53. The van der Waals surface area contributed by atoms with E-state index in [1.807, 2.05) is 43.3 Å². The van der Waals surface area contributed by atoms with Gasteiger partial charge in [-0.2, -0.15) is 0 Å². The number of imide groups is 1. The second-order valence-electron chi connectivity index (χ2n) is 8.55. The van der Waals surface area contributed by atoms with Crippen molar-refractivity contribution in [3.63, 3.8) is 0 Å². The molecule has 1 aliphatic rings. The maximum absolute atomic E-state index is 13.1. The van der Waals surface area contributed by atoms with Crippen molar-refractivity contribution in [3.8, 4) is 0 Å². The average Bonchev–Trinajstić information content (AvgIpc) is 3.07. The number of amides is 3. The van der Waals surface area contributed by atoms with E-state index in [0.29, 0.717) is 22.9 Å². The molecule has 0 fully saturated rings. The fourth-order valence-corrected chi connectivity index (χ4v) is 4.09. The molecule has 0 radical (unpaired) electrons. The zero-order valence-corrected chi connectivity index (χ0v) is 20.5. The van der Waals surface area contributed by atoms with Crippen molar-refractivity contribution in [2.24, 2.45) is 0 Å². The first-order chi connectivity index (χ1) is 16.8. The van der Waals surface area contributed by atoms with Crippen LogP contribution in [0.5, 0.6) is 0 Å². The highest BCUT2D eigenvalue weighted by atomic mass is 35.5. The van der Waals surface area contributed by atoms with Gasteiger partial charge in [0.2, 0.25) is 0 Å². The molecule has 35 heavy (non-hydrogen) atoms. The predicted octanol–water partition coefficient (Wildman–Crippen LogP) is 6.06. The summed E-state index contributed by atoms with van der Waals surface area (Å²) in [7, 11) is 0. The zero-order chi connectivity index (χ0) is 25.1. The molecule has 2 N–H and O–H groups in total. The Kier molecular flexibility index (Phi) is 7.03. The van der Waals surface area contributed by atoms with Gasteiger partial charge in [-0.1, -0.05) is 68.8 Å². The number of halogens is 1. The van der Waals surface area contributed by atoms with Gasteiger partial charge in [-0.05, 0) is 59.9 Å². The second kappa shape index (κ2) is 10.2. The summed E-state index contributed by atoms with van der Waals surface area (Å²) in [5.41, 5.74) is 4.16. The molecule has 0 unspecified atom stereocenters. The third-order valence-electron chi connectivity index (χ3n) is 5.89. The molecule has 1 heterocycles. The van der Waals surface area contributed by atoms with Gasteiger partial charge in [-0.3, -0.25) is 14.4 Å². The third-order valence-corrected chi connectivity index (χ3v) is 6.24. The van der Waals surface area contributed by atoms with Gasteiger partial charge in [0, 0.05) is 16.9 Å². The predicted molar refractivity (Wildman–Crippen MR) is 140 cm³/mol. The number of carbonyl (C=O) groups is 3. The normalized spacial score (nSPS) is 13.6. The molecule has 3 amide bonds. The minimum absolute atomic E-state index is 0.0292. The lowest BCUT2D eigenvalue weighted by atomic mass is 10.0. The van der Waals surface area contributed by atoms with Crippen LogP contribution in [0, 0.1) is 0 Å². The van der Waals surface area contributed by atoms with Crippen LogP contribution in [0.3, 0.4) is 0 Å². The summed E-state index contributed by atoms with van der Waals surface area (Å²) in [6.07, 6.45) is 0.789. The standard InChI is InChI=1S/C28H26ClN3O3/c1-4-18-8-5-6-11-23(18)31-26(33)20-9-7-10-21(16-20)30-25-24(29)27(34)32(28(25)35)22-14-12-19(13-15-22)17(2)3/h5-17,30H,4H2,1-3H3,(H,31,33). The van der Waals surface area contributed by atoms with Crippen molar-refractivity contribution in [2.75, 3.05) is 15.5 Å². The van der Waals surface area contributed by atoms with Crippen molar-refractivity contribution < 1.29 is 14.4 Å². The van der Waals surface area contributed by atoms with Crippen molar-refractivity contribution in [3.05, 3.63) is 100 Å². The summed E-state index contributed by atoms with van der Waals surface area (Å²) < 4.78 is 0. The van der Waals surface area contributed by atoms with Gasteiger partial charge in [-0.25, -0.2) is 4.90 Å². The minimum atomic E-state index is -0.596. The first-order valence-corrected chi connectivity index (χ1v) is 11.8. The lowest BCUT2D eigenvalue weighted by molar-refractivity contribution is -0.120. The topological polar surface area (TPSA) is 78.5 Å². The maximum Gasteiger partial charge on any atom is 0.283 e. The molecule has 6 nitrogen and oxygen atoms in total. The van der Waals surface area contributed by atoms with E-state index in [9.17, 15) is 14.4 Å². The Bertz CT molecular complexity index is 1330. The van der Waals surface area contributed by atoms with Crippen LogP contribution in [0.2, 0.25) is 0 Å². The highest BCUT2D eigenvalue weighted by Gasteiger charge is 2.39. The molecule has 3 aromatic carbocycles. The summed E-state index contributed by atoms with van der Waals surface area (Å²) in [5, 5.41) is 5.67. The number of nitrogens with zero attached hydrogens (tertiary/aromatic N) is 1. The van der Waals surface area contributed by atoms with Crippen LogP contribution in [0.15, 0.2) is 83.5 Å². The summed E-state index contributed by atoms with van der Waals surface area (Å²) in [6.45, 7) is 6.16. The van der Waals surface area contributed by atoms with Crippen LogP contribution in [0.25, 0.3) is 0 Å². The van der Waals surface area contributed by atoms with Crippen LogP contribution in [-0.4, -0.2) is 17.7 Å². The van der Waals surface area contributed by atoms with Crippen LogP contribution in [-0.2, 0) is 16.0 Å². The smallest absolute Gasteiger partial charge is 0.283 e. The Balaban J connectivity index is 1.53.